The molecule has 90 valence electrons. The van der Waals surface area contributed by atoms with Crippen molar-refractivity contribution < 1.29 is 4.79 Å². The van der Waals surface area contributed by atoms with Crippen LogP contribution >= 0.6 is 0 Å². The van der Waals surface area contributed by atoms with Gasteiger partial charge in [0, 0.05) is 25.3 Å². The Morgan fingerprint density at radius 1 is 1.50 bits per heavy atom. The van der Waals surface area contributed by atoms with E-state index in [2.05, 4.69) is 20.9 Å². The zero-order valence-electron chi connectivity index (χ0n) is 10.2. The van der Waals surface area contributed by atoms with Crippen molar-refractivity contribution in [3.63, 3.8) is 0 Å². The minimum Gasteiger partial charge on any atom is -0.350 e. The first-order valence-corrected chi connectivity index (χ1v) is 5.24. The summed E-state index contributed by atoms with van der Waals surface area (Å²) in [5.74, 6) is -0.0172. The van der Waals surface area contributed by atoms with Crippen molar-refractivity contribution in [3.05, 3.63) is 11.9 Å². The van der Waals surface area contributed by atoms with E-state index >= 15 is 0 Å². The molecule has 1 rings (SSSR count). The van der Waals surface area contributed by atoms with Crippen LogP contribution in [0.5, 0.6) is 0 Å². The SMILES string of the molecule is Cn1cc(CNCC(=O)NC(C)(C)C)nn1. The molecule has 0 saturated carbocycles. The van der Waals surface area contributed by atoms with Gasteiger partial charge in [-0.05, 0) is 20.8 Å². The first-order valence-electron chi connectivity index (χ1n) is 5.24. The molecule has 1 aromatic heterocycles. The molecule has 1 heterocycles. The van der Waals surface area contributed by atoms with Gasteiger partial charge in [-0.2, -0.15) is 0 Å². The Hall–Kier alpha value is -1.43. The number of hydrogen-bond acceptors (Lipinski definition) is 4. The van der Waals surface area contributed by atoms with Gasteiger partial charge in [0.05, 0.1) is 12.2 Å². The van der Waals surface area contributed by atoms with Gasteiger partial charge in [0.2, 0.25) is 5.91 Å². The monoisotopic (exact) mass is 225 g/mol. The molecule has 1 aromatic rings. The number of aromatic nitrogens is 3. The first kappa shape index (κ1) is 12.6. The number of nitrogens with one attached hydrogen (secondary N) is 2. The lowest BCUT2D eigenvalue weighted by molar-refractivity contribution is -0.121. The summed E-state index contributed by atoms with van der Waals surface area (Å²) in [4.78, 5) is 11.4. The fourth-order valence-corrected chi connectivity index (χ4v) is 1.24. The molecule has 0 aliphatic heterocycles. The summed E-state index contributed by atoms with van der Waals surface area (Å²) < 4.78 is 1.63. The third-order valence-corrected chi connectivity index (χ3v) is 1.76. The highest BCUT2D eigenvalue weighted by atomic mass is 16.2. The Bertz CT molecular complexity index is 352. The zero-order chi connectivity index (χ0) is 12.2. The van der Waals surface area contributed by atoms with E-state index in [0.717, 1.165) is 5.69 Å². The molecule has 6 heteroatoms. The summed E-state index contributed by atoms with van der Waals surface area (Å²) in [6, 6.07) is 0. The van der Waals surface area contributed by atoms with Gasteiger partial charge in [0.25, 0.3) is 0 Å². The third-order valence-electron chi connectivity index (χ3n) is 1.76. The highest BCUT2D eigenvalue weighted by Gasteiger charge is 2.12. The molecule has 6 nitrogen and oxygen atoms in total. The summed E-state index contributed by atoms with van der Waals surface area (Å²) >= 11 is 0. The standard InChI is InChI=1S/C10H19N5O/c1-10(2,3)12-9(16)6-11-5-8-7-15(4)14-13-8/h7,11H,5-6H2,1-4H3,(H,12,16). The van der Waals surface area contributed by atoms with Crippen LogP contribution in [-0.4, -0.2) is 33.0 Å². The van der Waals surface area contributed by atoms with E-state index < -0.39 is 0 Å². The number of carbonyl (C=O) groups excluding carboxylic acids is 1. The molecular weight excluding hydrogens is 206 g/mol. The van der Waals surface area contributed by atoms with E-state index in [1.165, 1.54) is 0 Å². The van der Waals surface area contributed by atoms with Gasteiger partial charge in [0.15, 0.2) is 0 Å². The van der Waals surface area contributed by atoms with Gasteiger partial charge in [-0.25, -0.2) is 0 Å². The quantitative estimate of drug-likeness (QED) is 0.745. The van der Waals surface area contributed by atoms with Crippen LogP contribution in [0.25, 0.3) is 0 Å². The Morgan fingerprint density at radius 3 is 2.69 bits per heavy atom. The van der Waals surface area contributed by atoms with Crippen LogP contribution < -0.4 is 10.6 Å². The van der Waals surface area contributed by atoms with Crippen LogP contribution in [0.3, 0.4) is 0 Å². The molecule has 16 heavy (non-hydrogen) atoms. The van der Waals surface area contributed by atoms with Crippen LogP contribution in [0.4, 0.5) is 0 Å². The first-order chi connectivity index (χ1) is 7.37. The predicted molar refractivity (Wildman–Crippen MR) is 60.6 cm³/mol. The summed E-state index contributed by atoms with van der Waals surface area (Å²) in [6.45, 7) is 6.69. The molecule has 1 amide bonds. The molecule has 0 atom stereocenters. The molecule has 0 bridgehead atoms. The summed E-state index contributed by atoms with van der Waals surface area (Å²) in [5.41, 5.74) is 0.636. The normalized spacial score (nSPS) is 11.5. The van der Waals surface area contributed by atoms with Gasteiger partial charge < -0.3 is 10.6 Å². The number of rotatable bonds is 4. The average Bonchev–Trinajstić information content (AvgIpc) is 2.48. The molecule has 0 aliphatic rings. The average molecular weight is 225 g/mol. The predicted octanol–water partition coefficient (Wildman–Crippen LogP) is -0.181. The summed E-state index contributed by atoms with van der Waals surface area (Å²) in [5, 5.41) is 13.6. The molecule has 0 radical (unpaired) electrons. The number of carbonyl (C=O) groups is 1. The molecule has 0 spiro atoms. The van der Waals surface area contributed by atoms with Crippen molar-refractivity contribution in [3.8, 4) is 0 Å². The summed E-state index contributed by atoms with van der Waals surface area (Å²) in [7, 11) is 1.81. The fraction of sp³-hybridized carbons (Fsp3) is 0.700. The van der Waals surface area contributed by atoms with E-state index in [1.807, 2.05) is 34.0 Å². The van der Waals surface area contributed by atoms with Gasteiger partial charge in [-0.3, -0.25) is 9.48 Å². The van der Waals surface area contributed by atoms with Gasteiger partial charge >= 0.3 is 0 Å². The molecule has 2 N–H and O–H groups in total. The fourth-order valence-electron chi connectivity index (χ4n) is 1.24. The van der Waals surface area contributed by atoms with Crippen molar-refractivity contribution in [1.82, 2.24) is 25.6 Å². The molecule has 0 fully saturated rings. The van der Waals surface area contributed by atoms with Gasteiger partial charge in [0.1, 0.15) is 0 Å². The van der Waals surface area contributed by atoms with Crippen LogP contribution in [0.2, 0.25) is 0 Å². The van der Waals surface area contributed by atoms with E-state index in [4.69, 9.17) is 0 Å². The molecule has 0 unspecified atom stereocenters. The maximum Gasteiger partial charge on any atom is 0.234 e. The minimum absolute atomic E-state index is 0.0172. The molecule has 0 aromatic carbocycles. The minimum atomic E-state index is -0.189. The second-order valence-electron chi connectivity index (χ2n) is 4.79. The third kappa shape index (κ3) is 4.88. The van der Waals surface area contributed by atoms with E-state index in [1.54, 1.807) is 4.68 Å². The van der Waals surface area contributed by atoms with Crippen LogP contribution in [0, 0.1) is 0 Å². The van der Waals surface area contributed by atoms with Crippen molar-refractivity contribution in [2.45, 2.75) is 32.9 Å². The number of hydrogen-bond donors (Lipinski definition) is 2. The lowest BCUT2D eigenvalue weighted by Crippen LogP contribution is -2.44. The van der Waals surface area contributed by atoms with Crippen molar-refractivity contribution in [1.29, 1.82) is 0 Å². The van der Waals surface area contributed by atoms with Gasteiger partial charge in [-0.1, -0.05) is 5.21 Å². The summed E-state index contributed by atoms with van der Waals surface area (Å²) in [6.07, 6.45) is 1.81. The Kier molecular flexibility index (Phi) is 4.00. The second-order valence-corrected chi connectivity index (χ2v) is 4.79. The largest absolute Gasteiger partial charge is 0.350 e. The smallest absolute Gasteiger partial charge is 0.234 e. The number of aryl methyl sites for hydroxylation is 1. The van der Waals surface area contributed by atoms with Crippen molar-refractivity contribution in [2.75, 3.05) is 6.54 Å². The molecule has 0 aliphatic carbocycles. The van der Waals surface area contributed by atoms with Crippen LogP contribution in [-0.2, 0) is 18.4 Å². The maximum absolute atomic E-state index is 11.4. The molecular formula is C10H19N5O. The van der Waals surface area contributed by atoms with Crippen LogP contribution in [0.15, 0.2) is 6.20 Å². The van der Waals surface area contributed by atoms with E-state index in [0.29, 0.717) is 6.54 Å². The maximum atomic E-state index is 11.4. The van der Waals surface area contributed by atoms with Crippen molar-refractivity contribution in [2.24, 2.45) is 7.05 Å². The Balaban J connectivity index is 2.23. The number of nitrogens with zero attached hydrogens (tertiary/aromatic N) is 3. The topological polar surface area (TPSA) is 71.8 Å². The number of amides is 1. The highest BCUT2D eigenvalue weighted by Crippen LogP contribution is 1.97. The Labute approximate surface area is 95.4 Å². The van der Waals surface area contributed by atoms with Gasteiger partial charge in [-0.15, -0.1) is 5.10 Å². The van der Waals surface area contributed by atoms with Crippen LogP contribution in [0.1, 0.15) is 26.5 Å². The lowest BCUT2D eigenvalue weighted by Gasteiger charge is -2.20. The zero-order valence-corrected chi connectivity index (χ0v) is 10.2. The lowest BCUT2D eigenvalue weighted by atomic mass is 10.1. The second kappa shape index (κ2) is 5.07. The van der Waals surface area contributed by atoms with Crippen molar-refractivity contribution >= 4 is 5.91 Å². The Morgan fingerprint density at radius 2 is 2.19 bits per heavy atom. The molecule has 0 saturated heterocycles. The van der Waals surface area contributed by atoms with E-state index in [-0.39, 0.29) is 18.0 Å². The highest BCUT2D eigenvalue weighted by molar-refractivity contribution is 5.78. The van der Waals surface area contributed by atoms with E-state index in [9.17, 15) is 4.79 Å².